The number of carbonyl (C=O) groups excluding carboxylic acids is 1. The van der Waals surface area contributed by atoms with Crippen LogP contribution < -0.4 is 5.32 Å². The van der Waals surface area contributed by atoms with Crippen molar-refractivity contribution in [1.82, 2.24) is 5.32 Å². The van der Waals surface area contributed by atoms with Gasteiger partial charge in [-0.25, -0.2) is 0 Å². The number of amides is 1. The molecule has 0 bridgehead atoms. The molecule has 2 fully saturated rings. The van der Waals surface area contributed by atoms with Crippen LogP contribution in [0.5, 0.6) is 0 Å². The van der Waals surface area contributed by atoms with Gasteiger partial charge in [0.2, 0.25) is 5.91 Å². The molecule has 4 nitrogen and oxygen atoms in total. The van der Waals surface area contributed by atoms with E-state index in [1.54, 1.807) is 0 Å². The Labute approximate surface area is 137 Å². The number of aliphatic carboxylic acids is 1. The molecular weight excluding hydrogens is 323 g/mol. The van der Waals surface area contributed by atoms with Gasteiger partial charge in [0.25, 0.3) is 0 Å². The van der Waals surface area contributed by atoms with Gasteiger partial charge in [-0.3, -0.25) is 9.59 Å². The van der Waals surface area contributed by atoms with Crippen LogP contribution in [0, 0.1) is 11.8 Å². The average molecular weight is 341 g/mol. The summed E-state index contributed by atoms with van der Waals surface area (Å²) >= 11 is 0. The van der Waals surface area contributed by atoms with Crippen LogP contribution in [0.3, 0.4) is 0 Å². The van der Waals surface area contributed by atoms with E-state index < -0.39 is 29.2 Å². The number of carbonyl (C=O) groups is 2. The highest BCUT2D eigenvalue weighted by molar-refractivity contribution is 5.82. The van der Waals surface area contributed by atoms with E-state index in [9.17, 15) is 22.8 Å². The van der Waals surface area contributed by atoms with E-state index in [1.165, 1.54) is 12.1 Å². The predicted octanol–water partition coefficient (Wildman–Crippen LogP) is 3.31. The molecule has 0 spiro atoms. The maximum absolute atomic E-state index is 12.6. The molecule has 0 aromatic heterocycles. The van der Waals surface area contributed by atoms with Gasteiger partial charge in [-0.15, -0.1) is 0 Å². The second-order valence-corrected chi connectivity index (χ2v) is 6.69. The fraction of sp³-hybridized carbons (Fsp3) is 0.529. The summed E-state index contributed by atoms with van der Waals surface area (Å²) in [5.74, 6) is -1.90. The van der Waals surface area contributed by atoms with Crippen LogP contribution >= 0.6 is 0 Å². The van der Waals surface area contributed by atoms with Crippen molar-refractivity contribution in [2.45, 2.75) is 43.8 Å². The zero-order valence-electron chi connectivity index (χ0n) is 12.9. The lowest BCUT2D eigenvalue weighted by molar-refractivity contribution is -0.141. The Kier molecular flexibility index (Phi) is 4.05. The summed E-state index contributed by atoms with van der Waals surface area (Å²) < 4.78 is 37.9. The molecule has 0 aliphatic heterocycles. The number of nitrogens with one attached hydrogen (secondary N) is 1. The standard InChI is InChI=1S/C17H18F3NO3/c18-17(19,20)13-5-3-12(4-6-13)16(7-8-16)21-14(22)10-1-2-11(9-10)15(23)24/h3-6,10-11H,1-2,7-9H2,(H,21,22)(H,23,24)/t10-,11+/m0/s1. The van der Waals surface area contributed by atoms with Crippen LogP contribution in [0.4, 0.5) is 13.2 Å². The van der Waals surface area contributed by atoms with Gasteiger partial charge in [0.05, 0.1) is 17.0 Å². The highest BCUT2D eigenvalue weighted by Crippen LogP contribution is 2.47. The summed E-state index contributed by atoms with van der Waals surface area (Å²) in [6.45, 7) is 0. The zero-order chi connectivity index (χ0) is 17.5. The molecule has 0 saturated heterocycles. The lowest BCUT2D eigenvalue weighted by Crippen LogP contribution is -2.38. The summed E-state index contributed by atoms with van der Waals surface area (Å²) in [6, 6.07) is 4.87. The van der Waals surface area contributed by atoms with Gasteiger partial charge in [-0.1, -0.05) is 12.1 Å². The normalized spacial score (nSPS) is 25.3. The van der Waals surface area contributed by atoms with Crippen molar-refractivity contribution < 1.29 is 27.9 Å². The van der Waals surface area contributed by atoms with Gasteiger partial charge in [0, 0.05) is 5.92 Å². The molecule has 2 aliphatic carbocycles. The van der Waals surface area contributed by atoms with E-state index >= 15 is 0 Å². The predicted molar refractivity (Wildman–Crippen MR) is 79.0 cm³/mol. The topological polar surface area (TPSA) is 66.4 Å². The van der Waals surface area contributed by atoms with Crippen molar-refractivity contribution in [3.63, 3.8) is 0 Å². The number of carboxylic acid groups (broad SMARTS) is 1. The number of carboxylic acids is 1. The first kappa shape index (κ1) is 16.8. The lowest BCUT2D eigenvalue weighted by Gasteiger charge is -2.21. The zero-order valence-corrected chi connectivity index (χ0v) is 12.9. The molecule has 1 amide bonds. The van der Waals surface area contributed by atoms with Gasteiger partial charge in [0.1, 0.15) is 0 Å². The van der Waals surface area contributed by atoms with Gasteiger partial charge < -0.3 is 10.4 Å². The minimum absolute atomic E-state index is 0.198. The number of benzene rings is 1. The third-order valence-electron chi connectivity index (χ3n) is 5.03. The molecule has 0 unspecified atom stereocenters. The Balaban J connectivity index is 1.67. The highest BCUT2D eigenvalue weighted by Gasteiger charge is 2.47. The van der Waals surface area contributed by atoms with Crippen LogP contribution in [0.15, 0.2) is 24.3 Å². The summed E-state index contributed by atoms with van der Waals surface area (Å²) in [6.07, 6.45) is -1.68. The molecule has 130 valence electrons. The molecule has 3 rings (SSSR count). The molecule has 24 heavy (non-hydrogen) atoms. The first-order chi connectivity index (χ1) is 11.2. The van der Waals surface area contributed by atoms with E-state index in [-0.39, 0.29) is 11.8 Å². The smallest absolute Gasteiger partial charge is 0.416 e. The van der Waals surface area contributed by atoms with Gasteiger partial charge in [0.15, 0.2) is 0 Å². The summed E-state index contributed by atoms with van der Waals surface area (Å²) in [5.41, 5.74) is -0.646. The lowest BCUT2D eigenvalue weighted by atomic mass is 10.00. The Morgan fingerprint density at radius 3 is 2.12 bits per heavy atom. The molecule has 2 N–H and O–H groups in total. The SMILES string of the molecule is O=C(O)[C@@H]1CC[C@H](C(=O)NC2(c3ccc(C(F)(F)F)cc3)CC2)C1. The number of hydrogen-bond donors (Lipinski definition) is 2. The third kappa shape index (κ3) is 3.25. The van der Waals surface area contributed by atoms with Gasteiger partial charge in [-0.05, 0) is 49.8 Å². The number of hydrogen-bond acceptors (Lipinski definition) is 2. The quantitative estimate of drug-likeness (QED) is 0.883. The molecule has 0 radical (unpaired) electrons. The largest absolute Gasteiger partial charge is 0.481 e. The van der Waals surface area contributed by atoms with Crippen LogP contribution in [0.2, 0.25) is 0 Å². The van der Waals surface area contributed by atoms with E-state index in [4.69, 9.17) is 5.11 Å². The van der Waals surface area contributed by atoms with Crippen molar-refractivity contribution in [2.75, 3.05) is 0 Å². The molecule has 2 aliphatic rings. The third-order valence-corrected chi connectivity index (χ3v) is 5.03. The van der Waals surface area contributed by atoms with Crippen LogP contribution in [-0.4, -0.2) is 17.0 Å². The maximum atomic E-state index is 12.6. The second-order valence-electron chi connectivity index (χ2n) is 6.69. The number of alkyl halides is 3. The number of halogens is 3. The molecular formula is C17H18F3NO3. The minimum Gasteiger partial charge on any atom is -0.481 e. The summed E-state index contributed by atoms with van der Waals surface area (Å²) in [5, 5.41) is 11.9. The summed E-state index contributed by atoms with van der Waals surface area (Å²) in [7, 11) is 0. The van der Waals surface area contributed by atoms with Crippen molar-refractivity contribution in [3.8, 4) is 0 Å². The van der Waals surface area contributed by atoms with E-state index in [1.807, 2.05) is 0 Å². The molecule has 2 atom stereocenters. The van der Waals surface area contributed by atoms with Crippen molar-refractivity contribution >= 4 is 11.9 Å². The molecule has 7 heteroatoms. The monoisotopic (exact) mass is 341 g/mol. The first-order valence-corrected chi connectivity index (χ1v) is 7.94. The van der Waals surface area contributed by atoms with Gasteiger partial charge in [-0.2, -0.15) is 13.2 Å². The fourth-order valence-corrected chi connectivity index (χ4v) is 3.37. The maximum Gasteiger partial charge on any atom is 0.416 e. The molecule has 2 saturated carbocycles. The van der Waals surface area contributed by atoms with Crippen LogP contribution in [0.1, 0.15) is 43.2 Å². The van der Waals surface area contributed by atoms with E-state index in [2.05, 4.69) is 5.32 Å². The molecule has 1 aromatic carbocycles. The number of rotatable bonds is 4. The Morgan fingerprint density at radius 1 is 1.08 bits per heavy atom. The van der Waals surface area contributed by atoms with E-state index in [0.717, 1.165) is 12.1 Å². The van der Waals surface area contributed by atoms with Crippen LogP contribution in [0.25, 0.3) is 0 Å². The fourth-order valence-electron chi connectivity index (χ4n) is 3.37. The van der Waals surface area contributed by atoms with Crippen molar-refractivity contribution in [2.24, 2.45) is 11.8 Å². The Morgan fingerprint density at radius 2 is 1.67 bits per heavy atom. The molecule has 0 heterocycles. The molecule has 1 aromatic rings. The van der Waals surface area contributed by atoms with E-state index in [0.29, 0.717) is 37.7 Å². The van der Waals surface area contributed by atoms with Gasteiger partial charge >= 0.3 is 12.1 Å². The van der Waals surface area contributed by atoms with Crippen LogP contribution in [-0.2, 0) is 21.3 Å². The Hall–Kier alpha value is -2.05. The second kappa shape index (κ2) is 5.79. The first-order valence-electron chi connectivity index (χ1n) is 7.94. The highest BCUT2D eigenvalue weighted by atomic mass is 19.4. The minimum atomic E-state index is -4.38. The Bertz CT molecular complexity index is 650. The van der Waals surface area contributed by atoms with Crippen molar-refractivity contribution in [1.29, 1.82) is 0 Å². The van der Waals surface area contributed by atoms with Crippen molar-refractivity contribution in [3.05, 3.63) is 35.4 Å². The summed E-state index contributed by atoms with van der Waals surface area (Å²) in [4.78, 5) is 23.4. The average Bonchev–Trinajstić information content (AvgIpc) is 3.11.